The van der Waals surface area contributed by atoms with Gasteiger partial charge in [-0.2, -0.15) is 0 Å². The Hall–Kier alpha value is -1.49. The summed E-state index contributed by atoms with van der Waals surface area (Å²) in [5.74, 6) is 0.908. The van der Waals surface area contributed by atoms with Crippen LogP contribution in [0.1, 0.15) is 61.8 Å². The van der Waals surface area contributed by atoms with Crippen molar-refractivity contribution in [3.8, 4) is 5.75 Å². The van der Waals surface area contributed by atoms with E-state index < -0.39 is 18.6 Å². The second-order valence-corrected chi connectivity index (χ2v) is 12.7. The van der Waals surface area contributed by atoms with E-state index in [0.29, 0.717) is 18.4 Å². The fourth-order valence-corrected chi connectivity index (χ4v) is 4.85. The molecule has 2 aromatic rings. The van der Waals surface area contributed by atoms with E-state index in [1.54, 1.807) is 22.8 Å². The molecule has 0 amide bonds. The zero-order chi connectivity index (χ0) is 20.8. The topological polar surface area (TPSA) is 64.4 Å². The molecule has 5 nitrogen and oxygen atoms in total. The molecule has 0 atom stereocenters. The molecular formula is C20H24Cl2N2O3Ru. The first kappa shape index (κ1) is 22.8. The Balaban J connectivity index is 2.39. The van der Waals surface area contributed by atoms with Crippen molar-refractivity contribution >= 4 is 29.7 Å². The third-order valence-electron chi connectivity index (χ3n) is 4.31. The first-order valence-electron chi connectivity index (χ1n) is 8.84. The Morgan fingerprint density at radius 1 is 1.14 bits per heavy atom. The van der Waals surface area contributed by atoms with Crippen LogP contribution in [-0.2, 0) is 20.1 Å². The van der Waals surface area contributed by atoms with Crippen molar-refractivity contribution < 1.29 is 23.4 Å². The van der Waals surface area contributed by atoms with E-state index in [1.807, 2.05) is 0 Å². The standard InChI is InChI=1S/C20H24N2O3.2ClH.Ru/c1-13(2)18-7-6-8-19(14(3)4)20(18)21-12-16-9-10-17(11-15(16)5)25-22(23)24;;;/h5-11,13-14,21H,12H2,1-4H3;2*1H;/q;;;+2/p-2. The summed E-state index contributed by atoms with van der Waals surface area (Å²) in [5, 5.41) is 13.4. The number of nitrogens with one attached hydrogen (secondary N) is 1. The van der Waals surface area contributed by atoms with E-state index in [0.717, 1.165) is 16.8 Å². The number of nitrogens with zero attached hydrogens (tertiary/aromatic N) is 1. The summed E-state index contributed by atoms with van der Waals surface area (Å²) in [7, 11) is 12.1. The molecule has 0 fully saturated rings. The van der Waals surface area contributed by atoms with E-state index in [-0.39, 0.29) is 5.75 Å². The second-order valence-electron chi connectivity index (χ2n) is 6.96. The number of anilines is 1. The molecule has 2 rings (SSSR count). The van der Waals surface area contributed by atoms with E-state index in [2.05, 4.69) is 56.0 Å². The molecule has 0 heterocycles. The molecule has 0 aliphatic carbocycles. The molecule has 154 valence electrons. The Morgan fingerprint density at radius 3 is 2.25 bits per heavy atom. The van der Waals surface area contributed by atoms with Gasteiger partial charge in [0.25, 0.3) is 0 Å². The van der Waals surface area contributed by atoms with Crippen molar-refractivity contribution in [3.05, 3.63) is 68.8 Å². The van der Waals surface area contributed by atoms with Crippen molar-refractivity contribution in [3.63, 3.8) is 0 Å². The SMILES string of the molecule is CC(C)c1cccc(C(C)C)c1NCc1ccc(O[N+](=O)[O-])cc1[CH]=[Ru]([Cl])[Cl]. The van der Waals surface area contributed by atoms with Gasteiger partial charge in [-0.1, -0.05) is 0 Å². The maximum atomic E-state index is 10.6. The Bertz CT molecular complexity index is 855. The predicted molar refractivity (Wildman–Crippen MR) is 113 cm³/mol. The van der Waals surface area contributed by atoms with E-state index in [4.69, 9.17) is 19.4 Å². The van der Waals surface area contributed by atoms with Crippen molar-refractivity contribution in [1.29, 1.82) is 0 Å². The second kappa shape index (κ2) is 10.3. The van der Waals surface area contributed by atoms with Gasteiger partial charge < -0.3 is 0 Å². The molecule has 2 aromatic carbocycles. The Labute approximate surface area is 178 Å². The van der Waals surface area contributed by atoms with Crippen LogP contribution < -0.4 is 10.2 Å². The molecule has 0 aliphatic heterocycles. The van der Waals surface area contributed by atoms with Crippen LogP contribution in [0.25, 0.3) is 0 Å². The van der Waals surface area contributed by atoms with Gasteiger partial charge in [-0.05, 0) is 0 Å². The van der Waals surface area contributed by atoms with Crippen molar-refractivity contribution in [1.82, 2.24) is 0 Å². The first-order valence-corrected chi connectivity index (χ1v) is 14.3. The summed E-state index contributed by atoms with van der Waals surface area (Å²) in [4.78, 5) is 15.2. The van der Waals surface area contributed by atoms with Crippen LogP contribution in [0, 0.1) is 10.1 Å². The average Bonchev–Trinajstić information content (AvgIpc) is 2.59. The summed E-state index contributed by atoms with van der Waals surface area (Å²) in [6.07, 6.45) is 0. The summed E-state index contributed by atoms with van der Waals surface area (Å²) in [6.45, 7) is 9.23. The van der Waals surface area contributed by atoms with Crippen LogP contribution >= 0.6 is 19.4 Å². The minimum atomic E-state index is -2.11. The van der Waals surface area contributed by atoms with Crippen LogP contribution in [0.3, 0.4) is 0 Å². The van der Waals surface area contributed by atoms with E-state index in [9.17, 15) is 10.1 Å². The monoisotopic (exact) mass is 512 g/mol. The van der Waals surface area contributed by atoms with Crippen molar-refractivity contribution in [2.75, 3.05) is 5.32 Å². The van der Waals surface area contributed by atoms with Gasteiger partial charge in [-0.3, -0.25) is 0 Å². The molecule has 0 unspecified atom stereocenters. The average molecular weight is 512 g/mol. The normalized spacial score (nSPS) is 11.5. The Kier molecular flexibility index (Phi) is 8.42. The molecular weight excluding hydrogens is 488 g/mol. The summed E-state index contributed by atoms with van der Waals surface area (Å²) in [5.41, 5.74) is 5.35. The molecule has 28 heavy (non-hydrogen) atoms. The van der Waals surface area contributed by atoms with Crippen LogP contribution in [0.2, 0.25) is 0 Å². The summed E-state index contributed by atoms with van der Waals surface area (Å²) < 4.78 is 1.77. The van der Waals surface area contributed by atoms with Gasteiger partial charge in [-0.25, -0.2) is 0 Å². The molecule has 0 aromatic heterocycles. The van der Waals surface area contributed by atoms with Crippen molar-refractivity contribution in [2.24, 2.45) is 0 Å². The molecule has 0 radical (unpaired) electrons. The van der Waals surface area contributed by atoms with E-state index in [1.165, 1.54) is 11.1 Å². The number of para-hydroxylation sites is 1. The molecule has 8 heteroatoms. The zero-order valence-corrected chi connectivity index (χ0v) is 19.4. The zero-order valence-electron chi connectivity index (χ0n) is 16.2. The predicted octanol–water partition coefficient (Wildman–Crippen LogP) is 6.19. The minimum absolute atomic E-state index is 0.147. The van der Waals surface area contributed by atoms with Gasteiger partial charge in [0, 0.05) is 0 Å². The van der Waals surface area contributed by atoms with E-state index >= 15 is 0 Å². The van der Waals surface area contributed by atoms with Crippen molar-refractivity contribution in [2.45, 2.75) is 46.1 Å². The number of rotatable bonds is 8. The first-order chi connectivity index (χ1) is 13.2. The van der Waals surface area contributed by atoms with Crippen LogP contribution in [0.5, 0.6) is 5.75 Å². The molecule has 1 N–H and O–H groups in total. The Morgan fingerprint density at radius 2 is 1.75 bits per heavy atom. The van der Waals surface area contributed by atoms with Crippen LogP contribution in [-0.4, -0.2) is 9.70 Å². The fourth-order valence-electron chi connectivity index (χ4n) is 2.99. The number of halogens is 2. The molecule has 0 spiro atoms. The molecule has 0 saturated heterocycles. The van der Waals surface area contributed by atoms with Gasteiger partial charge in [0.15, 0.2) is 0 Å². The number of hydrogen-bond acceptors (Lipinski definition) is 4. The van der Waals surface area contributed by atoms with Crippen LogP contribution in [0.4, 0.5) is 5.69 Å². The van der Waals surface area contributed by atoms with Gasteiger partial charge >= 0.3 is 179 Å². The number of hydrogen-bond donors (Lipinski definition) is 1. The third-order valence-corrected chi connectivity index (χ3v) is 6.15. The van der Waals surface area contributed by atoms with Crippen LogP contribution in [0.15, 0.2) is 36.4 Å². The fraction of sp³-hybridized carbons (Fsp3) is 0.350. The molecule has 0 bridgehead atoms. The maximum absolute atomic E-state index is 10.6. The van der Waals surface area contributed by atoms with Gasteiger partial charge in [0.1, 0.15) is 0 Å². The van der Waals surface area contributed by atoms with Gasteiger partial charge in [0.05, 0.1) is 0 Å². The third kappa shape index (κ3) is 6.26. The van der Waals surface area contributed by atoms with Gasteiger partial charge in [0.2, 0.25) is 0 Å². The molecule has 0 aliphatic rings. The quantitative estimate of drug-likeness (QED) is 0.260. The number of benzene rings is 2. The molecule has 0 saturated carbocycles. The summed E-state index contributed by atoms with van der Waals surface area (Å²) in [6, 6.07) is 11.4. The van der Waals surface area contributed by atoms with Gasteiger partial charge in [-0.15, -0.1) is 0 Å². The summed E-state index contributed by atoms with van der Waals surface area (Å²) >= 11 is -2.11.